The summed E-state index contributed by atoms with van der Waals surface area (Å²) in [5.41, 5.74) is 4.16. The van der Waals surface area contributed by atoms with Crippen LogP contribution in [0.5, 0.6) is 0 Å². The Hall–Kier alpha value is -3.12. The van der Waals surface area contributed by atoms with E-state index in [1.165, 1.54) is 0 Å². The molecular weight excluding hydrogens is 382 g/mol. The highest BCUT2D eigenvalue weighted by Gasteiger charge is 2.18. The van der Waals surface area contributed by atoms with Crippen molar-refractivity contribution in [3.63, 3.8) is 0 Å². The normalized spacial score (nSPS) is 12.2. The van der Waals surface area contributed by atoms with Crippen LogP contribution < -0.4 is 4.72 Å². The molecular formula is C23H23N3O2S. The average molecular weight is 406 g/mol. The summed E-state index contributed by atoms with van der Waals surface area (Å²) in [5.74, 6) is 0. The van der Waals surface area contributed by atoms with E-state index in [1.54, 1.807) is 18.2 Å². The standard InChI is InChI=1S/C23H23N3O2S/c1-23(2,3)17-9-12-19(13-10-17)29(27,28)26-18-11-14-21-20(15-18)22(25-24-21)16-7-5-4-6-8-16/h4-15,26H,1-3H3,(H,24,25). The van der Waals surface area contributed by atoms with Crippen molar-refractivity contribution in [3.05, 3.63) is 78.4 Å². The highest BCUT2D eigenvalue weighted by atomic mass is 32.2. The molecule has 3 aromatic carbocycles. The number of hydrogen-bond acceptors (Lipinski definition) is 3. The van der Waals surface area contributed by atoms with Gasteiger partial charge in [-0.25, -0.2) is 8.42 Å². The zero-order valence-electron chi connectivity index (χ0n) is 16.6. The third-order valence-electron chi connectivity index (χ3n) is 4.89. The highest BCUT2D eigenvalue weighted by Crippen LogP contribution is 2.29. The maximum absolute atomic E-state index is 12.9. The number of hydrogen-bond donors (Lipinski definition) is 2. The summed E-state index contributed by atoms with van der Waals surface area (Å²) in [5, 5.41) is 8.25. The van der Waals surface area contributed by atoms with Gasteiger partial charge in [0.2, 0.25) is 0 Å². The Balaban J connectivity index is 1.67. The van der Waals surface area contributed by atoms with Crippen LogP contribution in [0.2, 0.25) is 0 Å². The lowest BCUT2D eigenvalue weighted by Crippen LogP contribution is -2.14. The second-order valence-corrected chi connectivity index (χ2v) is 9.76. The quantitative estimate of drug-likeness (QED) is 0.482. The highest BCUT2D eigenvalue weighted by molar-refractivity contribution is 7.92. The van der Waals surface area contributed by atoms with Gasteiger partial charge in [-0.15, -0.1) is 0 Å². The maximum atomic E-state index is 12.9. The molecule has 0 fully saturated rings. The van der Waals surface area contributed by atoms with E-state index in [1.807, 2.05) is 54.6 Å². The monoisotopic (exact) mass is 405 g/mol. The number of H-pyrrole nitrogens is 1. The van der Waals surface area contributed by atoms with Crippen LogP contribution in [-0.4, -0.2) is 18.6 Å². The van der Waals surface area contributed by atoms with Crippen molar-refractivity contribution in [3.8, 4) is 11.3 Å². The fraction of sp³-hybridized carbons (Fsp3) is 0.174. The number of aromatic nitrogens is 2. The van der Waals surface area contributed by atoms with Gasteiger partial charge in [-0.2, -0.15) is 5.10 Å². The third kappa shape index (κ3) is 3.89. The Morgan fingerprint density at radius 2 is 1.59 bits per heavy atom. The summed E-state index contributed by atoms with van der Waals surface area (Å²) < 4.78 is 28.4. The predicted molar refractivity (Wildman–Crippen MR) is 117 cm³/mol. The molecule has 0 aliphatic heterocycles. The minimum absolute atomic E-state index is 0.0319. The van der Waals surface area contributed by atoms with E-state index >= 15 is 0 Å². The summed E-state index contributed by atoms with van der Waals surface area (Å²) in [6.45, 7) is 6.29. The minimum atomic E-state index is -3.69. The van der Waals surface area contributed by atoms with E-state index in [0.717, 1.165) is 27.7 Å². The number of fused-ring (bicyclic) bond motifs is 1. The van der Waals surface area contributed by atoms with Crippen LogP contribution in [0.4, 0.5) is 5.69 Å². The van der Waals surface area contributed by atoms with Crippen molar-refractivity contribution in [2.24, 2.45) is 0 Å². The topological polar surface area (TPSA) is 74.8 Å². The van der Waals surface area contributed by atoms with Gasteiger partial charge in [0.25, 0.3) is 10.0 Å². The molecule has 0 aliphatic rings. The van der Waals surface area contributed by atoms with Crippen LogP contribution in [0.1, 0.15) is 26.3 Å². The largest absolute Gasteiger partial charge is 0.280 e. The van der Waals surface area contributed by atoms with Crippen LogP contribution >= 0.6 is 0 Å². The van der Waals surface area contributed by atoms with Crippen molar-refractivity contribution in [2.45, 2.75) is 31.1 Å². The second kappa shape index (κ2) is 7.04. The number of anilines is 1. The van der Waals surface area contributed by atoms with Gasteiger partial charge in [0.05, 0.1) is 16.1 Å². The number of nitrogens with one attached hydrogen (secondary N) is 2. The number of benzene rings is 3. The van der Waals surface area contributed by atoms with E-state index in [0.29, 0.717) is 5.69 Å². The minimum Gasteiger partial charge on any atom is -0.280 e. The average Bonchev–Trinajstić information content (AvgIpc) is 3.11. The van der Waals surface area contributed by atoms with Gasteiger partial charge < -0.3 is 0 Å². The summed E-state index contributed by atoms with van der Waals surface area (Å²) >= 11 is 0. The number of nitrogens with zero attached hydrogens (tertiary/aromatic N) is 1. The van der Waals surface area contributed by atoms with Crippen molar-refractivity contribution < 1.29 is 8.42 Å². The van der Waals surface area contributed by atoms with Crippen LogP contribution in [-0.2, 0) is 15.4 Å². The third-order valence-corrected chi connectivity index (χ3v) is 6.29. The molecule has 29 heavy (non-hydrogen) atoms. The second-order valence-electron chi connectivity index (χ2n) is 8.08. The molecule has 1 heterocycles. The number of rotatable bonds is 4. The summed E-state index contributed by atoms with van der Waals surface area (Å²) in [6.07, 6.45) is 0. The fourth-order valence-corrected chi connectivity index (χ4v) is 4.29. The summed E-state index contributed by atoms with van der Waals surface area (Å²) in [4.78, 5) is 0.237. The molecule has 0 aliphatic carbocycles. The van der Waals surface area contributed by atoms with Gasteiger partial charge in [0, 0.05) is 16.6 Å². The van der Waals surface area contributed by atoms with E-state index in [2.05, 4.69) is 35.7 Å². The van der Waals surface area contributed by atoms with Crippen LogP contribution in [0.25, 0.3) is 22.2 Å². The van der Waals surface area contributed by atoms with Gasteiger partial charge in [0.15, 0.2) is 0 Å². The summed E-state index contributed by atoms with van der Waals surface area (Å²) in [6, 6.07) is 22.2. The lowest BCUT2D eigenvalue weighted by molar-refractivity contribution is 0.587. The molecule has 4 aromatic rings. The molecule has 0 saturated carbocycles. The number of aromatic amines is 1. The van der Waals surface area contributed by atoms with Crippen molar-refractivity contribution in [1.82, 2.24) is 10.2 Å². The molecule has 0 atom stereocenters. The molecule has 2 N–H and O–H groups in total. The van der Waals surface area contributed by atoms with Gasteiger partial charge in [-0.1, -0.05) is 63.2 Å². The van der Waals surface area contributed by atoms with E-state index in [-0.39, 0.29) is 10.3 Å². The lowest BCUT2D eigenvalue weighted by atomic mass is 9.87. The van der Waals surface area contributed by atoms with Gasteiger partial charge in [0.1, 0.15) is 0 Å². The molecule has 4 rings (SSSR count). The Kier molecular flexibility index (Phi) is 4.67. The lowest BCUT2D eigenvalue weighted by Gasteiger charge is -2.19. The van der Waals surface area contributed by atoms with Gasteiger partial charge >= 0.3 is 0 Å². The zero-order valence-corrected chi connectivity index (χ0v) is 17.4. The Morgan fingerprint density at radius 1 is 0.897 bits per heavy atom. The molecule has 0 spiro atoms. The van der Waals surface area contributed by atoms with Crippen molar-refractivity contribution in [1.29, 1.82) is 0 Å². The molecule has 1 aromatic heterocycles. The Bertz CT molecular complexity index is 1250. The zero-order chi connectivity index (χ0) is 20.6. The van der Waals surface area contributed by atoms with Gasteiger partial charge in [-0.3, -0.25) is 9.82 Å². The van der Waals surface area contributed by atoms with E-state index in [4.69, 9.17) is 0 Å². The molecule has 6 heteroatoms. The van der Waals surface area contributed by atoms with Crippen LogP contribution in [0.15, 0.2) is 77.7 Å². The van der Waals surface area contributed by atoms with Gasteiger partial charge in [-0.05, 0) is 41.3 Å². The van der Waals surface area contributed by atoms with E-state index in [9.17, 15) is 8.42 Å². The SMILES string of the molecule is CC(C)(C)c1ccc(S(=O)(=O)Nc2ccc3[nH]nc(-c4ccccc4)c3c2)cc1. The van der Waals surface area contributed by atoms with Crippen LogP contribution in [0.3, 0.4) is 0 Å². The maximum Gasteiger partial charge on any atom is 0.261 e. The van der Waals surface area contributed by atoms with Crippen LogP contribution in [0, 0.1) is 0 Å². The first-order chi connectivity index (χ1) is 13.7. The molecule has 0 radical (unpaired) electrons. The van der Waals surface area contributed by atoms with Crippen molar-refractivity contribution in [2.75, 3.05) is 4.72 Å². The van der Waals surface area contributed by atoms with E-state index < -0.39 is 10.0 Å². The molecule has 5 nitrogen and oxygen atoms in total. The first-order valence-corrected chi connectivity index (χ1v) is 10.9. The van der Waals surface area contributed by atoms with Crippen molar-refractivity contribution >= 4 is 26.6 Å². The Labute approximate surface area is 170 Å². The predicted octanol–water partition coefficient (Wildman–Crippen LogP) is 5.33. The smallest absolute Gasteiger partial charge is 0.261 e. The first kappa shape index (κ1) is 19.2. The summed E-state index contributed by atoms with van der Waals surface area (Å²) in [7, 11) is -3.69. The molecule has 148 valence electrons. The molecule has 0 bridgehead atoms. The first-order valence-electron chi connectivity index (χ1n) is 9.41. The fourth-order valence-electron chi connectivity index (χ4n) is 3.24. The molecule has 0 saturated heterocycles. The molecule has 0 unspecified atom stereocenters. The molecule has 0 amide bonds. The number of sulfonamides is 1. The Morgan fingerprint density at radius 3 is 2.24 bits per heavy atom.